The van der Waals surface area contributed by atoms with Crippen LogP contribution in [0.2, 0.25) is 0 Å². The van der Waals surface area contributed by atoms with Crippen LogP contribution < -0.4 is 0 Å². The average Bonchev–Trinajstić information content (AvgIpc) is 3.06. The van der Waals surface area contributed by atoms with Gasteiger partial charge in [-0.3, -0.25) is 18.6 Å². The maximum Gasteiger partial charge on any atom is 0.472 e. The van der Waals surface area contributed by atoms with E-state index >= 15 is 0 Å². The first-order valence-corrected chi connectivity index (χ1v) is 21.2. The second-order valence-corrected chi connectivity index (χ2v) is 15.8. The number of esters is 2. The molecule has 0 saturated heterocycles. The predicted octanol–water partition coefficient (Wildman–Crippen LogP) is 10.6. The maximum absolute atomic E-state index is 12.6. The summed E-state index contributed by atoms with van der Waals surface area (Å²) >= 11 is 0. The molecule has 50 heavy (non-hydrogen) atoms. The number of hydrogen-bond acceptors (Lipinski definition) is 7. The van der Waals surface area contributed by atoms with Gasteiger partial charge in [0.2, 0.25) is 0 Å². The lowest BCUT2D eigenvalue weighted by Gasteiger charge is -2.24. The van der Waals surface area contributed by atoms with Crippen LogP contribution in [0.4, 0.5) is 0 Å². The quantitative estimate of drug-likeness (QED) is 0.0226. The number of ether oxygens (including phenoxy) is 2. The van der Waals surface area contributed by atoms with Crippen molar-refractivity contribution in [3.63, 3.8) is 0 Å². The third-order valence-corrected chi connectivity index (χ3v) is 9.13. The molecule has 0 aromatic heterocycles. The molecule has 0 heterocycles. The maximum atomic E-state index is 12.6. The zero-order chi connectivity index (χ0) is 37.2. The number of phosphoric ester groups is 1. The first kappa shape index (κ1) is 48.2. The molecule has 0 rings (SSSR count). The lowest BCUT2D eigenvalue weighted by Crippen LogP contribution is -2.37. The molecule has 0 spiro atoms. The summed E-state index contributed by atoms with van der Waals surface area (Å²) in [6.07, 6.45) is 34.7. The Balaban J connectivity index is 4.46. The molecule has 1 unspecified atom stereocenters. The van der Waals surface area contributed by atoms with Gasteiger partial charge in [-0.15, -0.1) is 0 Å². The van der Waals surface area contributed by atoms with Crippen LogP contribution >= 0.6 is 7.82 Å². The Morgan fingerprint density at radius 3 is 1.66 bits per heavy atom. The van der Waals surface area contributed by atoms with E-state index in [9.17, 15) is 19.0 Å². The molecule has 0 radical (unpaired) electrons. The molecule has 2 atom stereocenters. The molecule has 0 aliphatic carbocycles. The SMILES string of the molecule is CCCC/C=C\C/C=C\CCCCCCCC(=O)OC[C@H](COP(=O)(O)OCC[N+](C)(C)C)OC(=O)CCCCCCC/C=C\CCCCC. The van der Waals surface area contributed by atoms with E-state index in [2.05, 4.69) is 50.3 Å². The summed E-state index contributed by atoms with van der Waals surface area (Å²) < 4.78 is 34.1. The fraction of sp³-hybridized carbons (Fsp3) is 0.800. The van der Waals surface area contributed by atoms with Gasteiger partial charge in [0.15, 0.2) is 6.10 Å². The fourth-order valence-corrected chi connectivity index (χ4v) is 5.71. The van der Waals surface area contributed by atoms with Gasteiger partial charge in [-0.1, -0.05) is 115 Å². The number of hydrogen-bond donors (Lipinski definition) is 1. The second-order valence-electron chi connectivity index (χ2n) is 14.3. The van der Waals surface area contributed by atoms with Crippen LogP contribution in [0.5, 0.6) is 0 Å². The van der Waals surface area contributed by atoms with Crippen LogP contribution in [0, 0.1) is 0 Å². The van der Waals surface area contributed by atoms with Crippen molar-refractivity contribution < 1.29 is 42.1 Å². The Morgan fingerprint density at radius 1 is 0.620 bits per heavy atom. The number of allylic oxidation sites excluding steroid dienone is 6. The van der Waals surface area contributed by atoms with Crippen LogP contribution in [0.15, 0.2) is 36.5 Å². The standard InChI is InChI=1S/C40H74NO8P/c1-6-8-10-12-14-16-18-20-21-23-24-26-28-30-32-39(42)46-36-38(37-48-50(44,45)47-35-34-41(3,4)5)49-40(43)33-31-29-27-25-22-19-17-15-13-11-9-7-2/h12,14-15,17-18,20,38H,6-11,13,16,19,21-37H2,1-5H3/p+1/b14-12-,17-15-,20-18-/t38-/m1/s1. The van der Waals surface area contributed by atoms with Crippen molar-refractivity contribution in [2.45, 2.75) is 161 Å². The van der Waals surface area contributed by atoms with E-state index < -0.39 is 26.5 Å². The number of nitrogens with zero attached hydrogens (tertiary/aromatic N) is 1. The lowest BCUT2D eigenvalue weighted by atomic mass is 10.1. The van der Waals surface area contributed by atoms with E-state index in [0.29, 0.717) is 17.4 Å². The van der Waals surface area contributed by atoms with E-state index in [-0.39, 0.29) is 32.0 Å². The largest absolute Gasteiger partial charge is 0.472 e. The van der Waals surface area contributed by atoms with E-state index in [1.807, 2.05) is 21.1 Å². The predicted molar refractivity (Wildman–Crippen MR) is 206 cm³/mol. The first-order chi connectivity index (χ1) is 24.0. The highest BCUT2D eigenvalue weighted by molar-refractivity contribution is 7.47. The molecule has 0 saturated carbocycles. The van der Waals surface area contributed by atoms with Crippen molar-refractivity contribution in [3.8, 4) is 0 Å². The van der Waals surface area contributed by atoms with Gasteiger partial charge in [0, 0.05) is 12.8 Å². The normalized spacial score (nSPS) is 14.1. The summed E-state index contributed by atoms with van der Waals surface area (Å²) in [5.41, 5.74) is 0. The van der Waals surface area contributed by atoms with Crippen molar-refractivity contribution in [2.75, 3.05) is 47.5 Å². The van der Waals surface area contributed by atoms with Crippen LogP contribution in [-0.2, 0) is 32.7 Å². The van der Waals surface area contributed by atoms with Crippen molar-refractivity contribution in [1.29, 1.82) is 0 Å². The summed E-state index contributed by atoms with van der Waals surface area (Å²) in [6, 6.07) is 0. The summed E-state index contributed by atoms with van der Waals surface area (Å²) in [7, 11) is 1.46. The Kier molecular flexibility index (Phi) is 31.9. The minimum Gasteiger partial charge on any atom is -0.462 e. The Labute approximate surface area is 306 Å². The highest BCUT2D eigenvalue weighted by Crippen LogP contribution is 2.43. The molecule has 0 fully saturated rings. The van der Waals surface area contributed by atoms with Crippen LogP contribution in [0.25, 0.3) is 0 Å². The summed E-state index contributed by atoms with van der Waals surface area (Å²) in [5, 5.41) is 0. The minimum atomic E-state index is -4.37. The zero-order valence-electron chi connectivity index (χ0n) is 32.6. The van der Waals surface area contributed by atoms with Crippen LogP contribution in [-0.4, -0.2) is 74.9 Å². The first-order valence-electron chi connectivity index (χ1n) is 19.7. The Hall–Kier alpha value is -1.77. The van der Waals surface area contributed by atoms with Crippen molar-refractivity contribution >= 4 is 19.8 Å². The smallest absolute Gasteiger partial charge is 0.462 e. The summed E-state index contributed by atoms with van der Waals surface area (Å²) in [4.78, 5) is 35.2. The monoisotopic (exact) mass is 729 g/mol. The van der Waals surface area contributed by atoms with Gasteiger partial charge in [-0.25, -0.2) is 4.57 Å². The Bertz CT molecular complexity index is 959. The van der Waals surface area contributed by atoms with Crippen molar-refractivity contribution in [2.24, 2.45) is 0 Å². The highest BCUT2D eigenvalue weighted by Gasteiger charge is 2.27. The van der Waals surface area contributed by atoms with Gasteiger partial charge in [0.25, 0.3) is 0 Å². The topological polar surface area (TPSA) is 108 Å². The van der Waals surface area contributed by atoms with Crippen LogP contribution in [0.1, 0.15) is 155 Å². The van der Waals surface area contributed by atoms with E-state index in [4.69, 9.17) is 18.5 Å². The molecule has 0 amide bonds. The van der Waals surface area contributed by atoms with Gasteiger partial charge in [0.1, 0.15) is 19.8 Å². The van der Waals surface area contributed by atoms with Gasteiger partial charge in [0.05, 0.1) is 27.7 Å². The molecule has 9 nitrogen and oxygen atoms in total. The third kappa shape index (κ3) is 36.0. The number of phosphoric acid groups is 1. The molecule has 0 aromatic carbocycles. The lowest BCUT2D eigenvalue weighted by molar-refractivity contribution is -0.870. The number of carbonyl (C=O) groups excluding carboxylic acids is 2. The molecule has 0 aliphatic heterocycles. The molecular weight excluding hydrogens is 653 g/mol. The van der Waals surface area contributed by atoms with Crippen LogP contribution in [0.3, 0.4) is 0 Å². The Morgan fingerprint density at radius 2 is 1.10 bits per heavy atom. The van der Waals surface area contributed by atoms with E-state index in [1.165, 1.54) is 38.5 Å². The van der Waals surface area contributed by atoms with Crippen molar-refractivity contribution in [3.05, 3.63) is 36.5 Å². The molecule has 292 valence electrons. The molecule has 1 N–H and O–H groups in total. The number of likely N-dealkylation sites (N-methyl/N-ethyl adjacent to an activating group) is 1. The van der Waals surface area contributed by atoms with Crippen molar-refractivity contribution in [1.82, 2.24) is 0 Å². The minimum absolute atomic E-state index is 0.0272. The van der Waals surface area contributed by atoms with Gasteiger partial charge >= 0.3 is 19.8 Å². The second kappa shape index (κ2) is 33.1. The zero-order valence-corrected chi connectivity index (χ0v) is 33.5. The fourth-order valence-electron chi connectivity index (χ4n) is 4.96. The highest BCUT2D eigenvalue weighted by atomic mass is 31.2. The summed E-state index contributed by atoms with van der Waals surface area (Å²) in [6.45, 7) is 4.31. The average molecular weight is 729 g/mol. The molecule has 0 aromatic rings. The number of rotatable bonds is 35. The number of unbranched alkanes of at least 4 members (excludes halogenated alkanes) is 15. The summed E-state index contributed by atoms with van der Waals surface area (Å²) in [5.74, 6) is -0.829. The van der Waals surface area contributed by atoms with Gasteiger partial charge < -0.3 is 18.9 Å². The van der Waals surface area contributed by atoms with Gasteiger partial charge in [-0.2, -0.15) is 0 Å². The van der Waals surface area contributed by atoms with Gasteiger partial charge in [-0.05, 0) is 64.2 Å². The molecule has 0 aliphatic rings. The molecule has 10 heteroatoms. The van der Waals surface area contributed by atoms with E-state index in [1.54, 1.807) is 0 Å². The third-order valence-electron chi connectivity index (χ3n) is 8.14. The molecular formula is C40H75NO8P+. The van der Waals surface area contributed by atoms with E-state index in [0.717, 1.165) is 83.5 Å². The number of carbonyl (C=O) groups is 2. The molecule has 0 bridgehead atoms. The number of quaternary nitrogens is 1.